The minimum Gasteiger partial charge on any atom is -0.388 e. The summed E-state index contributed by atoms with van der Waals surface area (Å²) in [7, 11) is -2.33. The molecule has 0 saturated heterocycles. The molecule has 0 aliphatic rings. The van der Waals surface area contributed by atoms with E-state index >= 15 is 0 Å². The summed E-state index contributed by atoms with van der Waals surface area (Å²) in [5, 5.41) is 2.90. The largest absolute Gasteiger partial charge is 0.388 e. The molecular formula is C7H10NO3P. The Hall–Kier alpha value is -0.830. The number of hydrogen-bond acceptors (Lipinski definition) is 2. The van der Waals surface area contributed by atoms with Gasteiger partial charge in [-0.1, -0.05) is 0 Å². The standard InChI is InChI=1S/C7H10NO3P/c1-8-6-2-4-7(5-3-6)12(9,10)11/h2-5,8H,1H3,(H2,9,10,11). The van der Waals surface area contributed by atoms with Crippen molar-refractivity contribution in [2.45, 2.75) is 0 Å². The van der Waals surface area contributed by atoms with E-state index in [1.54, 1.807) is 19.2 Å². The first-order valence-electron chi connectivity index (χ1n) is 3.38. The Kier molecular flexibility index (Phi) is 2.52. The Labute approximate surface area is 70.4 Å². The molecule has 0 bridgehead atoms. The summed E-state index contributed by atoms with van der Waals surface area (Å²) >= 11 is 0. The highest BCUT2D eigenvalue weighted by atomic mass is 31.2. The number of nitrogens with one attached hydrogen (secondary N) is 1. The highest BCUT2D eigenvalue weighted by Gasteiger charge is 2.15. The highest BCUT2D eigenvalue weighted by Crippen LogP contribution is 2.33. The molecular weight excluding hydrogens is 177 g/mol. The van der Waals surface area contributed by atoms with Gasteiger partial charge in [-0.05, 0) is 24.3 Å². The van der Waals surface area contributed by atoms with Crippen molar-refractivity contribution >= 4 is 18.6 Å². The highest BCUT2D eigenvalue weighted by molar-refractivity contribution is 7.60. The lowest BCUT2D eigenvalue weighted by Gasteiger charge is -2.04. The molecule has 0 spiro atoms. The molecule has 5 heteroatoms. The first-order valence-corrected chi connectivity index (χ1v) is 4.99. The molecule has 0 radical (unpaired) electrons. The minimum absolute atomic E-state index is 0.0431. The maximum Gasteiger partial charge on any atom is 0.356 e. The molecule has 0 saturated carbocycles. The van der Waals surface area contributed by atoms with Crippen LogP contribution in [0.1, 0.15) is 0 Å². The van der Waals surface area contributed by atoms with Gasteiger partial charge in [-0.3, -0.25) is 4.57 Å². The summed E-state index contributed by atoms with van der Waals surface area (Å²) in [6, 6.07) is 6.06. The average Bonchev–Trinajstić information content (AvgIpc) is 2.03. The van der Waals surface area contributed by atoms with Crippen molar-refractivity contribution in [1.82, 2.24) is 0 Å². The van der Waals surface area contributed by atoms with E-state index in [-0.39, 0.29) is 5.30 Å². The van der Waals surface area contributed by atoms with Crippen LogP contribution in [0.4, 0.5) is 5.69 Å². The zero-order valence-corrected chi connectivity index (χ0v) is 7.45. The third kappa shape index (κ3) is 2.08. The Balaban J connectivity index is 3.01. The van der Waals surface area contributed by atoms with Crippen LogP contribution in [-0.4, -0.2) is 16.8 Å². The van der Waals surface area contributed by atoms with E-state index in [1.807, 2.05) is 0 Å². The predicted molar refractivity (Wildman–Crippen MR) is 47.7 cm³/mol. The molecule has 0 aliphatic heterocycles. The second-order valence-electron chi connectivity index (χ2n) is 2.34. The van der Waals surface area contributed by atoms with Crippen molar-refractivity contribution < 1.29 is 14.4 Å². The van der Waals surface area contributed by atoms with Gasteiger partial charge in [-0.25, -0.2) is 0 Å². The summed E-state index contributed by atoms with van der Waals surface area (Å²) in [5.41, 5.74) is 0.826. The van der Waals surface area contributed by atoms with Crippen LogP contribution in [0.5, 0.6) is 0 Å². The normalized spacial score (nSPS) is 11.2. The fourth-order valence-corrected chi connectivity index (χ4v) is 1.36. The maximum absolute atomic E-state index is 10.7. The molecule has 0 aromatic heterocycles. The number of benzene rings is 1. The van der Waals surface area contributed by atoms with E-state index in [0.29, 0.717) is 0 Å². The summed E-state index contributed by atoms with van der Waals surface area (Å²) < 4.78 is 10.7. The molecule has 3 N–H and O–H groups in total. The second kappa shape index (κ2) is 3.27. The van der Waals surface area contributed by atoms with Crippen molar-refractivity contribution in [3.8, 4) is 0 Å². The van der Waals surface area contributed by atoms with Gasteiger partial charge in [0.2, 0.25) is 0 Å². The molecule has 0 aliphatic carbocycles. The summed E-state index contributed by atoms with van der Waals surface area (Å²) in [6.45, 7) is 0. The van der Waals surface area contributed by atoms with E-state index in [1.165, 1.54) is 12.1 Å². The van der Waals surface area contributed by atoms with Gasteiger partial charge in [-0.2, -0.15) is 0 Å². The van der Waals surface area contributed by atoms with E-state index in [4.69, 9.17) is 9.79 Å². The third-order valence-corrected chi connectivity index (χ3v) is 2.46. The lowest BCUT2D eigenvalue weighted by Crippen LogP contribution is -2.03. The Morgan fingerprint density at radius 2 is 1.75 bits per heavy atom. The van der Waals surface area contributed by atoms with Gasteiger partial charge in [0.25, 0.3) is 0 Å². The van der Waals surface area contributed by atoms with Crippen LogP contribution in [0, 0.1) is 0 Å². The quantitative estimate of drug-likeness (QED) is 0.591. The number of hydrogen-bond donors (Lipinski definition) is 3. The second-order valence-corrected chi connectivity index (χ2v) is 3.95. The Morgan fingerprint density at radius 1 is 1.25 bits per heavy atom. The van der Waals surface area contributed by atoms with Crippen LogP contribution in [0.2, 0.25) is 0 Å². The van der Waals surface area contributed by atoms with Gasteiger partial charge >= 0.3 is 7.60 Å². The smallest absolute Gasteiger partial charge is 0.356 e. The molecule has 0 fully saturated rings. The zero-order chi connectivity index (χ0) is 9.19. The average molecular weight is 187 g/mol. The first kappa shape index (κ1) is 9.26. The zero-order valence-electron chi connectivity index (χ0n) is 6.56. The van der Waals surface area contributed by atoms with Crippen LogP contribution < -0.4 is 10.6 Å². The predicted octanol–water partition coefficient (Wildman–Crippen LogP) is 0.531. The molecule has 12 heavy (non-hydrogen) atoms. The van der Waals surface area contributed by atoms with Crippen LogP contribution >= 0.6 is 7.60 Å². The molecule has 4 nitrogen and oxygen atoms in total. The minimum atomic E-state index is -4.08. The molecule has 1 aromatic carbocycles. The van der Waals surface area contributed by atoms with Crippen LogP contribution in [0.15, 0.2) is 24.3 Å². The van der Waals surface area contributed by atoms with E-state index in [0.717, 1.165) is 5.69 Å². The number of anilines is 1. The van der Waals surface area contributed by atoms with Gasteiger partial charge in [0, 0.05) is 12.7 Å². The van der Waals surface area contributed by atoms with Gasteiger partial charge in [0.15, 0.2) is 0 Å². The summed E-state index contributed by atoms with van der Waals surface area (Å²) in [4.78, 5) is 17.5. The summed E-state index contributed by atoms with van der Waals surface area (Å²) in [6.07, 6.45) is 0. The molecule has 0 unspecified atom stereocenters. The van der Waals surface area contributed by atoms with Crippen molar-refractivity contribution in [3.63, 3.8) is 0 Å². The molecule has 0 atom stereocenters. The van der Waals surface area contributed by atoms with Crippen LogP contribution in [0.25, 0.3) is 0 Å². The van der Waals surface area contributed by atoms with Gasteiger partial charge < -0.3 is 15.1 Å². The monoisotopic (exact) mass is 187 g/mol. The first-order chi connectivity index (χ1) is 5.54. The fourth-order valence-electron chi connectivity index (χ4n) is 0.822. The summed E-state index contributed by atoms with van der Waals surface area (Å²) in [5.74, 6) is 0. The molecule has 66 valence electrons. The van der Waals surface area contributed by atoms with Crippen LogP contribution in [-0.2, 0) is 4.57 Å². The number of rotatable bonds is 2. The molecule has 0 heterocycles. The Bertz CT molecular complexity index is 303. The topological polar surface area (TPSA) is 69.6 Å². The van der Waals surface area contributed by atoms with E-state index < -0.39 is 7.60 Å². The van der Waals surface area contributed by atoms with Crippen molar-refractivity contribution in [2.24, 2.45) is 0 Å². The van der Waals surface area contributed by atoms with E-state index in [2.05, 4.69) is 5.32 Å². The Morgan fingerprint density at radius 3 is 2.08 bits per heavy atom. The SMILES string of the molecule is CNc1ccc(P(=O)(O)O)cc1. The van der Waals surface area contributed by atoms with Crippen molar-refractivity contribution in [2.75, 3.05) is 12.4 Å². The third-order valence-electron chi connectivity index (χ3n) is 1.49. The van der Waals surface area contributed by atoms with Crippen LogP contribution in [0.3, 0.4) is 0 Å². The maximum atomic E-state index is 10.7. The van der Waals surface area contributed by atoms with Gasteiger partial charge in [-0.15, -0.1) is 0 Å². The molecule has 1 aromatic rings. The van der Waals surface area contributed by atoms with E-state index in [9.17, 15) is 4.57 Å². The van der Waals surface area contributed by atoms with Gasteiger partial charge in [0.1, 0.15) is 0 Å². The van der Waals surface area contributed by atoms with Crippen molar-refractivity contribution in [1.29, 1.82) is 0 Å². The van der Waals surface area contributed by atoms with Crippen molar-refractivity contribution in [3.05, 3.63) is 24.3 Å². The lowest BCUT2D eigenvalue weighted by molar-refractivity contribution is 0.387. The lowest BCUT2D eigenvalue weighted by atomic mass is 10.3. The molecule has 1 rings (SSSR count). The molecule has 0 amide bonds. The fraction of sp³-hybridized carbons (Fsp3) is 0.143. The van der Waals surface area contributed by atoms with Gasteiger partial charge in [0.05, 0.1) is 5.30 Å².